The molecule has 2 rings (SSSR count). The number of hydrogen-bond acceptors (Lipinski definition) is 0. The molecular weight excluding hydrogens is 141 g/mol. The average molecular weight is 144 g/mol. The molecule has 1 aliphatic rings. The molecule has 6 heavy (non-hydrogen) atoms. The Morgan fingerprint density at radius 2 is 2.67 bits per heavy atom. The van der Waals surface area contributed by atoms with Crippen molar-refractivity contribution in [3.8, 4) is 0 Å². The first-order valence-electron chi connectivity index (χ1n) is 1.82. The molecule has 0 spiro atoms. The van der Waals surface area contributed by atoms with Crippen molar-refractivity contribution < 1.29 is 0 Å². The maximum absolute atomic E-state index is 2.27. The van der Waals surface area contributed by atoms with Crippen LogP contribution in [-0.2, 0) is 0 Å². The molecule has 0 radical (unpaired) electrons. The maximum atomic E-state index is 2.27. The van der Waals surface area contributed by atoms with Crippen LogP contribution in [0.4, 0.5) is 0 Å². The van der Waals surface area contributed by atoms with E-state index in [4.69, 9.17) is 0 Å². The zero-order valence-corrected chi connectivity index (χ0v) is 4.80. The van der Waals surface area contributed by atoms with Crippen LogP contribution in [0.15, 0.2) is 18.3 Å². The zero-order valence-electron chi connectivity index (χ0n) is 3.09. The fourth-order valence-electron chi connectivity index (χ4n) is 0.492. The Hall–Kier alpha value is -0.201. The standard InChI is InChI=1S/C4H3NSe/c1-2-4-5(3-1)6-4/h1-3H. The predicted molar refractivity (Wildman–Crippen MR) is 25.2 cm³/mol. The first kappa shape index (κ1) is 2.89. The molecule has 1 aromatic rings. The summed E-state index contributed by atoms with van der Waals surface area (Å²) in [5.74, 6) is 0. The van der Waals surface area contributed by atoms with Crippen LogP contribution >= 0.6 is 0 Å². The van der Waals surface area contributed by atoms with E-state index < -0.39 is 0 Å². The van der Waals surface area contributed by atoms with Gasteiger partial charge in [0.25, 0.3) is 0 Å². The molecule has 2 heterocycles. The monoisotopic (exact) mass is 145 g/mol. The molecule has 0 unspecified atom stereocenters. The summed E-state index contributed by atoms with van der Waals surface area (Å²) in [6, 6.07) is 4.25. The SMILES string of the molecule is c1cc2n(c1)[Se]2. The van der Waals surface area contributed by atoms with E-state index in [1.54, 1.807) is 0 Å². The summed E-state index contributed by atoms with van der Waals surface area (Å²) in [5, 5.41) is 0. The third-order valence-electron chi connectivity index (χ3n) is 0.837. The van der Waals surface area contributed by atoms with Crippen LogP contribution in [-0.4, -0.2) is 18.8 Å². The zero-order chi connectivity index (χ0) is 3.98. The van der Waals surface area contributed by atoms with E-state index in [1.165, 1.54) is 4.59 Å². The molecule has 0 saturated heterocycles. The Bertz CT molecular complexity index is 151. The Morgan fingerprint density at radius 3 is 2.83 bits per heavy atom. The van der Waals surface area contributed by atoms with Gasteiger partial charge in [-0.1, -0.05) is 0 Å². The van der Waals surface area contributed by atoms with Gasteiger partial charge in [0.1, 0.15) is 0 Å². The van der Waals surface area contributed by atoms with E-state index >= 15 is 0 Å². The second kappa shape index (κ2) is 0.722. The van der Waals surface area contributed by atoms with Gasteiger partial charge in [0.15, 0.2) is 0 Å². The number of nitrogens with zero attached hydrogens (tertiary/aromatic N) is 1. The van der Waals surface area contributed by atoms with Crippen LogP contribution in [0.5, 0.6) is 0 Å². The fraction of sp³-hybridized carbons (Fsp3) is 0. The number of aromatic nitrogens is 1. The second-order valence-corrected chi connectivity index (χ2v) is 3.35. The van der Waals surface area contributed by atoms with E-state index in [2.05, 4.69) is 21.9 Å². The molecule has 0 aliphatic carbocycles. The van der Waals surface area contributed by atoms with Crippen LogP contribution in [0.3, 0.4) is 0 Å². The summed E-state index contributed by atoms with van der Waals surface area (Å²) in [6.45, 7) is 0. The van der Waals surface area contributed by atoms with E-state index in [9.17, 15) is 0 Å². The minimum absolute atomic E-state index is 0.745. The van der Waals surface area contributed by atoms with Crippen molar-refractivity contribution in [2.45, 2.75) is 0 Å². The first-order valence-corrected chi connectivity index (χ1v) is 3.45. The number of fused-ring (bicyclic) bond motifs is 1. The van der Waals surface area contributed by atoms with Gasteiger partial charge in [0, 0.05) is 0 Å². The molecule has 2 heteroatoms. The molecular formula is C4H3NSe. The van der Waals surface area contributed by atoms with Crippen molar-refractivity contribution in [2.24, 2.45) is 0 Å². The summed E-state index contributed by atoms with van der Waals surface area (Å²) in [5.41, 5.74) is 0. The Kier molecular flexibility index (Phi) is 0.347. The third-order valence-corrected chi connectivity index (χ3v) is 2.65. The van der Waals surface area contributed by atoms with E-state index in [0.717, 1.165) is 15.2 Å². The van der Waals surface area contributed by atoms with Gasteiger partial charge in [-0.05, 0) is 0 Å². The number of rotatable bonds is 0. The topological polar surface area (TPSA) is 4.93 Å². The van der Waals surface area contributed by atoms with Gasteiger partial charge < -0.3 is 0 Å². The van der Waals surface area contributed by atoms with Gasteiger partial charge in [-0.15, -0.1) is 0 Å². The van der Waals surface area contributed by atoms with Gasteiger partial charge in [0.2, 0.25) is 0 Å². The normalized spacial score (nSPS) is 14.0. The van der Waals surface area contributed by atoms with Crippen LogP contribution in [0.25, 0.3) is 0 Å². The van der Waals surface area contributed by atoms with Crippen molar-refractivity contribution >= 4 is 19.8 Å². The van der Waals surface area contributed by atoms with Gasteiger partial charge in [-0.25, -0.2) is 0 Å². The van der Waals surface area contributed by atoms with E-state index in [-0.39, 0.29) is 0 Å². The van der Waals surface area contributed by atoms with E-state index in [1.807, 2.05) is 0 Å². The summed E-state index contributed by atoms with van der Waals surface area (Å²) < 4.78 is 3.80. The number of hydrogen-bond donors (Lipinski definition) is 0. The third kappa shape index (κ3) is 0.214. The molecule has 30 valence electrons. The van der Waals surface area contributed by atoms with Gasteiger partial charge in [0.05, 0.1) is 0 Å². The molecule has 0 aromatic carbocycles. The predicted octanol–water partition coefficient (Wildman–Crippen LogP) is -0.406. The molecule has 1 aliphatic heterocycles. The van der Waals surface area contributed by atoms with Gasteiger partial charge in [-0.2, -0.15) is 0 Å². The molecule has 0 bridgehead atoms. The summed E-state index contributed by atoms with van der Waals surface area (Å²) in [4.78, 5) is 0. The first-order chi connectivity index (χ1) is 2.97. The molecule has 0 fully saturated rings. The average Bonchev–Trinajstić information content (AvgIpc) is 2.17. The van der Waals surface area contributed by atoms with Crippen molar-refractivity contribution in [2.75, 3.05) is 0 Å². The van der Waals surface area contributed by atoms with Crippen molar-refractivity contribution in [3.05, 3.63) is 18.3 Å². The van der Waals surface area contributed by atoms with Gasteiger partial charge in [-0.3, -0.25) is 0 Å². The molecule has 1 nitrogen and oxygen atoms in total. The summed E-state index contributed by atoms with van der Waals surface area (Å²) in [6.07, 6.45) is 2.12. The second-order valence-electron chi connectivity index (χ2n) is 1.26. The minimum atomic E-state index is 0.745. The Morgan fingerprint density at radius 1 is 1.67 bits per heavy atom. The van der Waals surface area contributed by atoms with Crippen LogP contribution in [0.2, 0.25) is 0 Å². The van der Waals surface area contributed by atoms with Crippen molar-refractivity contribution in [1.29, 1.82) is 0 Å². The quantitative estimate of drug-likeness (QED) is 0.443. The summed E-state index contributed by atoms with van der Waals surface area (Å²) >= 11 is 0.745. The molecule has 1 aromatic heterocycles. The van der Waals surface area contributed by atoms with Crippen molar-refractivity contribution in [1.82, 2.24) is 3.58 Å². The molecule has 0 atom stereocenters. The van der Waals surface area contributed by atoms with E-state index in [0.29, 0.717) is 0 Å². The van der Waals surface area contributed by atoms with Crippen LogP contribution in [0.1, 0.15) is 0 Å². The molecule has 0 saturated carbocycles. The fourth-order valence-corrected chi connectivity index (χ4v) is 1.65. The molecule has 0 N–H and O–H groups in total. The van der Waals surface area contributed by atoms with Crippen molar-refractivity contribution in [3.63, 3.8) is 0 Å². The molecule has 0 amide bonds. The van der Waals surface area contributed by atoms with Crippen LogP contribution < -0.4 is 4.59 Å². The Labute approximate surface area is 42.3 Å². The van der Waals surface area contributed by atoms with Gasteiger partial charge >= 0.3 is 41.7 Å². The van der Waals surface area contributed by atoms with Crippen LogP contribution in [0, 0.1) is 0 Å². The Balaban J connectivity index is 2.88. The summed E-state index contributed by atoms with van der Waals surface area (Å²) in [7, 11) is 0.